The summed E-state index contributed by atoms with van der Waals surface area (Å²) >= 11 is 0. The fourth-order valence-electron chi connectivity index (χ4n) is 2.66. The molecule has 0 saturated carbocycles. The Labute approximate surface area is 170 Å². The topological polar surface area (TPSA) is 88.6 Å². The van der Waals surface area contributed by atoms with Crippen LogP contribution in [0.2, 0.25) is 0 Å². The molecule has 150 valence electrons. The Hall–Kier alpha value is -3.39. The maximum atomic E-state index is 13.2. The number of rotatable bonds is 7. The predicted octanol–water partition coefficient (Wildman–Crippen LogP) is 3.23. The molecule has 3 rings (SSSR count). The van der Waals surface area contributed by atoms with Crippen LogP contribution >= 0.6 is 0 Å². The highest BCUT2D eigenvalue weighted by molar-refractivity contribution is 7.92. The van der Waals surface area contributed by atoms with Crippen LogP contribution in [0.1, 0.15) is 5.56 Å². The van der Waals surface area contributed by atoms with Gasteiger partial charge in [0.2, 0.25) is 5.91 Å². The van der Waals surface area contributed by atoms with Crippen LogP contribution in [0.4, 0.5) is 11.4 Å². The number of amides is 1. The van der Waals surface area contributed by atoms with Gasteiger partial charge in [0.15, 0.2) is 0 Å². The third-order valence-electron chi connectivity index (χ3n) is 4.21. The minimum Gasteiger partial charge on any atom is -0.497 e. The van der Waals surface area contributed by atoms with Gasteiger partial charge in [-0.3, -0.25) is 14.1 Å². The van der Waals surface area contributed by atoms with Gasteiger partial charge in [0.25, 0.3) is 10.0 Å². The minimum absolute atomic E-state index is 0.000969. The summed E-state index contributed by atoms with van der Waals surface area (Å²) in [6.45, 7) is 1.55. The molecule has 1 heterocycles. The van der Waals surface area contributed by atoms with E-state index in [1.54, 1.807) is 36.4 Å². The minimum atomic E-state index is -4.00. The first kappa shape index (κ1) is 20.3. The highest BCUT2D eigenvalue weighted by Crippen LogP contribution is 2.25. The lowest BCUT2D eigenvalue weighted by Gasteiger charge is -2.24. The number of methoxy groups -OCH3 is 1. The molecule has 0 aliphatic carbocycles. The zero-order valence-corrected chi connectivity index (χ0v) is 16.9. The lowest BCUT2D eigenvalue weighted by molar-refractivity contribution is -0.114. The van der Waals surface area contributed by atoms with Crippen molar-refractivity contribution in [2.45, 2.75) is 11.8 Å². The van der Waals surface area contributed by atoms with Crippen molar-refractivity contribution in [2.75, 3.05) is 23.3 Å². The van der Waals surface area contributed by atoms with E-state index in [0.29, 0.717) is 17.1 Å². The van der Waals surface area contributed by atoms with Crippen LogP contribution in [-0.2, 0) is 14.8 Å². The number of anilines is 2. The molecule has 0 atom stereocenters. The molecule has 0 saturated heterocycles. The summed E-state index contributed by atoms with van der Waals surface area (Å²) in [5.74, 6) is 0.119. The third-order valence-corrected chi connectivity index (χ3v) is 5.96. The summed E-state index contributed by atoms with van der Waals surface area (Å²) in [6.07, 6.45) is 2.74. The molecule has 29 heavy (non-hydrogen) atoms. The van der Waals surface area contributed by atoms with Crippen LogP contribution in [0.15, 0.2) is 78.0 Å². The number of carbonyl (C=O) groups excluding carboxylic acids is 1. The fraction of sp³-hybridized carbons (Fsp3) is 0.143. The summed E-state index contributed by atoms with van der Waals surface area (Å²) in [6, 6.07) is 16.7. The second kappa shape index (κ2) is 8.74. The lowest BCUT2D eigenvalue weighted by atomic mass is 10.2. The Bertz CT molecular complexity index is 1070. The van der Waals surface area contributed by atoms with Crippen molar-refractivity contribution in [3.63, 3.8) is 0 Å². The predicted molar refractivity (Wildman–Crippen MR) is 112 cm³/mol. The lowest BCUT2D eigenvalue weighted by Crippen LogP contribution is -2.38. The van der Waals surface area contributed by atoms with Gasteiger partial charge in [-0.05, 0) is 55.5 Å². The second-order valence-corrected chi connectivity index (χ2v) is 8.17. The average molecular weight is 411 g/mol. The molecule has 1 N–H and O–H groups in total. The van der Waals surface area contributed by atoms with Crippen LogP contribution < -0.4 is 14.4 Å². The van der Waals surface area contributed by atoms with Crippen molar-refractivity contribution in [1.82, 2.24) is 4.98 Å². The monoisotopic (exact) mass is 411 g/mol. The van der Waals surface area contributed by atoms with Gasteiger partial charge in [0, 0.05) is 18.1 Å². The standard InChI is InChI=1S/C21H21N3O4S/c1-16-5-7-17(8-6-16)23-21(25)15-24(18-9-11-19(28-2)12-10-18)29(26,27)20-4-3-13-22-14-20/h3-14H,15H2,1-2H3,(H,23,25). The number of ether oxygens (including phenoxy) is 1. The van der Waals surface area contributed by atoms with Crippen LogP contribution in [0.3, 0.4) is 0 Å². The summed E-state index contributed by atoms with van der Waals surface area (Å²) in [5.41, 5.74) is 1.99. The first-order valence-electron chi connectivity index (χ1n) is 8.83. The molecular weight excluding hydrogens is 390 g/mol. The zero-order chi connectivity index (χ0) is 20.9. The Morgan fingerprint density at radius 2 is 1.76 bits per heavy atom. The highest BCUT2D eigenvalue weighted by atomic mass is 32.2. The smallest absolute Gasteiger partial charge is 0.266 e. The molecule has 7 nitrogen and oxygen atoms in total. The van der Waals surface area contributed by atoms with Crippen LogP contribution in [0.5, 0.6) is 5.75 Å². The number of sulfonamides is 1. The van der Waals surface area contributed by atoms with Crippen molar-refractivity contribution >= 4 is 27.3 Å². The van der Waals surface area contributed by atoms with Crippen LogP contribution in [0.25, 0.3) is 0 Å². The summed E-state index contributed by atoms with van der Waals surface area (Å²) in [7, 11) is -2.48. The normalized spacial score (nSPS) is 11.0. The van der Waals surface area contributed by atoms with Gasteiger partial charge in [-0.2, -0.15) is 0 Å². The van der Waals surface area contributed by atoms with Crippen molar-refractivity contribution in [1.29, 1.82) is 0 Å². The third kappa shape index (κ3) is 4.91. The average Bonchev–Trinajstić information content (AvgIpc) is 2.74. The van der Waals surface area contributed by atoms with E-state index in [2.05, 4.69) is 10.3 Å². The molecule has 0 spiro atoms. The number of nitrogens with zero attached hydrogens (tertiary/aromatic N) is 2. The van der Waals surface area contributed by atoms with Gasteiger partial charge < -0.3 is 10.1 Å². The maximum absolute atomic E-state index is 13.2. The molecule has 0 bridgehead atoms. The van der Waals surface area contributed by atoms with E-state index in [1.165, 1.54) is 31.6 Å². The van der Waals surface area contributed by atoms with E-state index in [9.17, 15) is 13.2 Å². The number of hydrogen-bond acceptors (Lipinski definition) is 5. The molecule has 0 unspecified atom stereocenters. The van der Waals surface area contributed by atoms with Crippen molar-refractivity contribution in [3.8, 4) is 5.75 Å². The first-order valence-corrected chi connectivity index (χ1v) is 10.3. The molecule has 8 heteroatoms. The van der Waals surface area contributed by atoms with Gasteiger partial charge in [-0.25, -0.2) is 8.42 Å². The summed E-state index contributed by atoms with van der Waals surface area (Å²) in [5, 5.41) is 2.73. The number of nitrogens with one attached hydrogen (secondary N) is 1. The number of hydrogen-bond donors (Lipinski definition) is 1. The van der Waals surface area contributed by atoms with Crippen LogP contribution in [-0.4, -0.2) is 33.0 Å². The van der Waals surface area contributed by atoms with E-state index in [-0.39, 0.29) is 4.90 Å². The molecular formula is C21H21N3O4S. The summed E-state index contributed by atoms with van der Waals surface area (Å²) in [4.78, 5) is 16.5. The second-order valence-electron chi connectivity index (χ2n) is 6.31. The number of pyridine rings is 1. The van der Waals surface area contributed by atoms with Gasteiger partial charge in [-0.15, -0.1) is 0 Å². The van der Waals surface area contributed by atoms with Crippen LogP contribution in [0, 0.1) is 6.92 Å². The molecule has 1 amide bonds. The molecule has 2 aromatic carbocycles. The summed E-state index contributed by atoms with van der Waals surface area (Å²) < 4.78 is 32.6. The Morgan fingerprint density at radius 3 is 2.34 bits per heavy atom. The SMILES string of the molecule is COc1ccc(N(CC(=O)Nc2ccc(C)cc2)S(=O)(=O)c2cccnc2)cc1. The number of aromatic nitrogens is 1. The Balaban J connectivity index is 1.91. The molecule has 0 radical (unpaired) electrons. The quantitative estimate of drug-likeness (QED) is 0.645. The Morgan fingerprint density at radius 1 is 1.07 bits per heavy atom. The van der Waals surface area contributed by atoms with Gasteiger partial charge in [0.05, 0.1) is 12.8 Å². The number of aryl methyl sites for hydroxylation is 1. The largest absolute Gasteiger partial charge is 0.497 e. The first-order chi connectivity index (χ1) is 13.9. The Kier molecular flexibility index (Phi) is 6.13. The molecule has 1 aromatic heterocycles. The van der Waals surface area contributed by atoms with Crippen molar-refractivity contribution < 1.29 is 17.9 Å². The fourth-order valence-corrected chi connectivity index (χ4v) is 4.04. The van der Waals surface area contributed by atoms with Gasteiger partial charge >= 0.3 is 0 Å². The van der Waals surface area contributed by atoms with E-state index >= 15 is 0 Å². The van der Waals surface area contributed by atoms with E-state index in [0.717, 1.165) is 9.87 Å². The number of benzene rings is 2. The molecule has 0 fully saturated rings. The van der Waals surface area contributed by atoms with Crippen molar-refractivity contribution in [3.05, 3.63) is 78.6 Å². The van der Waals surface area contributed by atoms with E-state index in [4.69, 9.17) is 4.74 Å². The zero-order valence-electron chi connectivity index (χ0n) is 16.1. The van der Waals surface area contributed by atoms with E-state index in [1.807, 2.05) is 19.1 Å². The molecule has 0 aliphatic rings. The van der Waals surface area contributed by atoms with Gasteiger partial charge in [0.1, 0.15) is 17.2 Å². The maximum Gasteiger partial charge on any atom is 0.266 e. The van der Waals surface area contributed by atoms with Gasteiger partial charge in [-0.1, -0.05) is 17.7 Å². The molecule has 3 aromatic rings. The van der Waals surface area contributed by atoms with Crippen molar-refractivity contribution in [2.24, 2.45) is 0 Å². The van der Waals surface area contributed by atoms with E-state index < -0.39 is 22.5 Å². The highest BCUT2D eigenvalue weighted by Gasteiger charge is 2.27. The number of carbonyl (C=O) groups is 1. The molecule has 0 aliphatic heterocycles.